The van der Waals surface area contributed by atoms with Gasteiger partial charge in [0.2, 0.25) is 19.7 Å². The van der Waals surface area contributed by atoms with Crippen LogP contribution in [0.15, 0.2) is 80.2 Å². The van der Waals surface area contributed by atoms with E-state index in [-0.39, 0.29) is 16.3 Å². The number of alkyl halides is 3. The Morgan fingerprint density at radius 3 is 1.92 bits per heavy atom. The molecule has 0 saturated heterocycles. The Balaban J connectivity index is 2.06. The summed E-state index contributed by atoms with van der Waals surface area (Å²) >= 11 is 5.93. The van der Waals surface area contributed by atoms with Crippen LogP contribution in [0.2, 0.25) is 5.02 Å². The lowest BCUT2D eigenvalue weighted by molar-refractivity contribution is -0.0450. The van der Waals surface area contributed by atoms with E-state index in [9.17, 15) is 42.8 Å². The van der Waals surface area contributed by atoms with Gasteiger partial charge in [-0.25, -0.2) is 34.4 Å². The Hall–Kier alpha value is -2.72. The third kappa shape index (κ3) is 5.81. The molecule has 8 nitrogen and oxygen atoms in total. The van der Waals surface area contributed by atoms with Crippen molar-refractivity contribution in [3.8, 4) is 5.75 Å². The van der Waals surface area contributed by atoms with E-state index in [1.54, 1.807) is 0 Å². The molecule has 0 heterocycles. The normalized spacial score (nSPS) is 13.8. The third-order valence-electron chi connectivity index (χ3n) is 5.24. The molecule has 3 aromatic carbocycles. The fourth-order valence-electron chi connectivity index (χ4n) is 3.29. The zero-order valence-corrected chi connectivity index (χ0v) is 22.5. The van der Waals surface area contributed by atoms with Gasteiger partial charge in [0, 0.05) is 17.1 Å². The smallest absolute Gasteiger partial charge is 0.497 e. The average Bonchev–Trinajstić information content (AvgIpc) is 2.82. The van der Waals surface area contributed by atoms with E-state index < -0.39 is 66.6 Å². The first-order valence-electron chi connectivity index (χ1n) is 10.2. The molecule has 0 bridgehead atoms. The first-order valence-corrected chi connectivity index (χ1v) is 15.1. The molecule has 1 N–H and O–H groups in total. The molecule has 0 saturated carbocycles. The third-order valence-corrected chi connectivity index (χ3v) is 10.5. The molecule has 1 atom stereocenters. The summed E-state index contributed by atoms with van der Waals surface area (Å²) in [5.74, 6) is -1.18. The summed E-state index contributed by atoms with van der Waals surface area (Å²) in [6.45, 7) is 1.11. The van der Waals surface area contributed by atoms with Crippen molar-refractivity contribution >= 4 is 41.3 Å². The standard InChI is InChI=1S/C22H18ClF4NO7S3/c1-13(28-38(33,34)22(25,26)27)14-3-7-17(8-4-14)36(29,30)20-9-5-15(23)11-21(20)37(31,32)19-10-6-16(35-2)12-18(19)24/h3-13,28H,1-2H3/t13-/m0/s1. The highest BCUT2D eigenvalue weighted by molar-refractivity contribution is 7.94. The van der Waals surface area contributed by atoms with Crippen molar-refractivity contribution in [2.24, 2.45) is 0 Å². The Labute approximate surface area is 221 Å². The van der Waals surface area contributed by atoms with Gasteiger partial charge < -0.3 is 4.74 Å². The van der Waals surface area contributed by atoms with Gasteiger partial charge in [-0.15, -0.1) is 0 Å². The second-order valence-corrected chi connectivity index (χ2v) is 13.7. The van der Waals surface area contributed by atoms with Crippen molar-refractivity contribution in [1.29, 1.82) is 0 Å². The first-order chi connectivity index (χ1) is 17.4. The number of halogens is 5. The van der Waals surface area contributed by atoms with Crippen LogP contribution in [0.25, 0.3) is 0 Å². The van der Waals surface area contributed by atoms with E-state index in [1.165, 1.54) is 17.9 Å². The van der Waals surface area contributed by atoms with E-state index in [0.717, 1.165) is 61.5 Å². The van der Waals surface area contributed by atoms with Crippen molar-refractivity contribution in [2.45, 2.75) is 38.1 Å². The topological polar surface area (TPSA) is 124 Å². The number of nitrogens with one attached hydrogen (secondary N) is 1. The number of ether oxygens (including phenoxy) is 1. The van der Waals surface area contributed by atoms with Gasteiger partial charge in [0.05, 0.1) is 21.8 Å². The second kappa shape index (κ2) is 10.4. The molecule has 3 aromatic rings. The first kappa shape index (κ1) is 29.8. The van der Waals surface area contributed by atoms with Crippen LogP contribution >= 0.6 is 11.6 Å². The van der Waals surface area contributed by atoms with Crippen LogP contribution in [0.3, 0.4) is 0 Å². The molecular weight excluding hydrogens is 598 g/mol. The molecule has 0 aliphatic rings. The van der Waals surface area contributed by atoms with Crippen molar-refractivity contribution in [3.05, 3.63) is 77.1 Å². The van der Waals surface area contributed by atoms with Crippen LogP contribution in [0.1, 0.15) is 18.5 Å². The fraction of sp³-hybridized carbons (Fsp3) is 0.182. The van der Waals surface area contributed by atoms with Gasteiger partial charge in [-0.1, -0.05) is 23.7 Å². The maximum absolute atomic E-state index is 14.6. The number of benzene rings is 3. The highest BCUT2D eigenvalue weighted by atomic mass is 35.5. The predicted molar refractivity (Wildman–Crippen MR) is 128 cm³/mol. The van der Waals surface area contributed by atoms with Gasteiger partial charge in [0.1, 0.15) is 16.5 Å². The molecule has 3 rings (SSSR count). The van der Waals surface area contributed by atoms with E-state index in [0.29, 0.717) is 0 Å². The number of methoxy groups -OCH3 is 1. The number of hydrogen-bond donors (Lipinski definition) is 1. The van der Waals surface area contributed by atoms with Crippen LogP contribution in [0.4, 0.5) is 17.6 Å². The number of sulfonamides is 1. The summed E-state index contributed by atoms with van der Waals surface area (Å²) in [6, 6.07) is 8.40. The molecule has 0 radical (unpaired) electrons. The van der Waals surface area contributed by atoms with Crippen molar-refractivity contribution < 1.29 is 47.6 Å². The summed E-state index contributed by atoms with van der Waals surface area (Å²) in [5, 5.41) is -0.155. The molecule has 16 heteroatoms. The molecular formula is C22H18ClF4NO7S3. The minimum atomic E-state index is -5.67. The lowest BCUT2D eigenvalue weighted by Gasteiger charge is -2.17. The van der Waals surface area contributed by atoms with Crippen LogP contribution in [-0.4, -0.2) is 37.9 Å². The summed E-state index contributed by atoms with van der Waals surface area (Å²) in [6.07, 6.45) is 0. The maximum Gasteiger partial charge on any atom is 0.511 e. The average molecular weight is 616 g/mol. The van der Waals surface area contributed by atoms with Crippen molar-refractivity contribution in [2.75, 3.05) is 7.11 Å². The molecule has 0 unspecified atom stereocenters. The van der Waals surface area contributed by atoms with Crippen LogP contribution < -0.4 is 9.46 Å². The van der Waals surface area contributed by atoms with E-state index in [4.69, 9.17) is 16.3 Å². The van der Waals surface area contributed by atoms with Crippen LogP contribution in [0, 0.1) is 5.82 Å². The van der Waals surface area contributed by atoms with Crippen LogP contribution in [0.5, 0.6) is 5.75 Å². The van der Waals surface area contributed by atoms with Gasteiger partial charge >= 0.3 is 15.5 Å². The Kier molecular flexibility index (Phi) is 8.20. The molecule has 0 aliphatic heterocycles. The quantitative estimate of drug-likeness (QED) is 0.366. The molecule has 0 aliphatic carbocycles. The van der Waals surface area contributed by atoms with Gasteiger partial charge in [-0.3, -0.25) is 0 Å². The number of rotatable bonds is 8. The van der Waals surface area contributed by atoms with E-state index >= 15 is 0 Å². The molecule has 0 amide bonds. The monoisotopic (exact) mass is 615 g/mol. The Morgan fingerprint density at radius 2 is 1.39 bits per heavy atom. The molecule has 0 fully saturated rings. The van der Waals surface area contributed by atoms with E-state index in [2.05, 4.69) is 0 Å². The molecule has 38 heavy (non-hydrogen) atoms. The predicted octanol–water partition coefficient (Wildman–Crippen LogP) is 4.65. The van der Waals surface area contributed by atoms with Crippen molar-refractivity contribution in [3.63, 3.8) is 0 Å². The van der Waals surface area contributed by atoms with E-state index in [1.807, 2.05) is 0 Å². The van der Waals surface area contributed by atoms with Gasteiger partial charge in [-0.2, -0.15) is 13.2 Å². The summed E-state index contributed by atoms with van der Waals surface area (Å²) in [5.41, 5.74) is -5.56. The van der Waals surface area contributed by atoms with Crippen molar-refractivity contribution in [1.82, 2.24) is 4.72 Å². The highest BCUT2D eigenvalue weighted by Gasteiger charge is 2.46. The zero-order valence-electron chi connectivity index (χ0n) is 19.3. The Morgan fingerprint density at radius 1 is 0.816 bits per heavy atom. The number of hydrogen-bond acceptors (Lipinski definition) is 7. The molecule has 0 spiro atoms. The molecule has 0 aromatic heterocycles. The van der Waals surface area contributed by atoms with Crippen LogP contribution in [-0.2, 0) is 29.7 Å². The lowest BCUT2D eigenvalue weighted by Crippen LogP contribution is -2.37. The minimum Gasteiger partial charge on any atom is -0.497 e. The zero-order chi connectivity index (χ0) is 28.7. The lowest BCUT2D eigenvalue weighted by atomic mass is 10.1. The Bertz CT molecular complexity index is 1690. The maximum atomic E-state index is 14.6. The summed E-state index contributed by atoms with van der Waals surface area (Å²) in [4.78, 5) is -2.86. The summed E-state index contributed by atoms with van der Waals surface area (Å²) in [7, 11) is -13.8. The highest BCUT2D eigenvalue weighted by Crippen LogP contribution is 2.35. The number of sulfone groups is 2. The second-order valence-electron chi connectivity index (χ2n) is 7.75. The van der Waals surface area contributed by atoms with Gasteiger partial charge in [0.25, 0.3) is 0 Å². The summed E-state index contributed by atoms with van der Waals surface area (Å²) < 4.78 is 135. The fourth-order valence-corrected chi connectivity index (χ4v) is 7.65. The van der Waals surface area contributed by atoms with Gasteiger partial charge in [0.15, 0.2) is 0 Å². The largest absolute Gasteiger partial charge is 0.511 e. The van der Waals surface area contributed by atoms with Gasteiger partial charge in [-0.05, 0) is 55.0 Å². The minimum absolute atomic E-state index is 0.0129. The molecule has 206 valence electrons. The SMILES string of the molecule is COc1ccc(S(=O)(=O)c2cc(Cl)ccc2S(=O)(=O)c2ccc([C@H](C)NS(=O)(=O)C(F)(F)F)cc2)c(F)c1.